The molecule has 4 heteroatoms. The number of carbonyl (C=O) groups excluding carboxylic acids is 1. The summed E-state index contributed by atoms with van der Waals surface area (Å²) < 4.78 is 37.3. The summed E-state index contributed by atoms with van der Waals surface area (Å²) in [5.74, 6) is -0.361. The van der Waals surface area contributed by atoms with E-state index in [0.717, 1.165) is 13.8 Å². The molecule has 0 fully saturated rings. The van der Waals surface area contributed by atoms with Crippen molar-refractivity contribution >= 4 is 5.78 Å². The number of rotatable bonds is 2. The van der Waals surface area contributed by atoms with E-state index in [-0.39, 0.29) is 5.78 Å². The number of alkyl halides is 3. The first-order chi connectivity index (χ1) is 5.88. The van der Waals surface area contributed by atoms with Crippen LogP contribution < -0.4 is 0 Å². The van der Waals surface area contributed by atoms with Crippen molar-refractivity contribution in [1.82, 2.24) is 0 Å². The number of ketones is 1. The molecule has 0 saturated heterocycles. The molecule has 0 saturated carbocycles. The third-order valence-electron chi connectivity index (χ3n) is 2.21. The van der Waals surface area contributed by atoms with Gasteiger partial charge in [-0.1, -0.05) is 34.6 Å². The van der Waals surface area contributed by atoms with Gasteiger partial charge in [-0.3, -0.25) is 4.79 Å². The Kier molecular flexibility index (Phi) is 3.42. The fourth-order valence-electron chi connectivity index (χ4n) is 0.767. The van der Waals surface area contributed by atoms with Gasteiger partial charge in [-0.05, 0) is 0 Å². The van der Waals surface area contributed by atoms with Crippen molar-refractivity contribution in [3.8, 4) is 0 Å². The van der Waals surface area contributed by atoms with Crippen molar-refractivity contribution < 1.29 is 18.0 Å². The normalized spacial score (nSPS) is 14.3. The van der Waals surface area contributed by atoms with Crippen LogP contribution in [0.4, 0.5) is 13.2 Å². The number of carbonyl (C=O) groups is 1. The Bertz CT molecular complexity index is 221. The maximum absolute atomic E-state index is 12.4. The van der Waals surface area contributed by atoms with E-state index in [1.54, 1.807) is 20.8 Å². The highest BCUT2D eigenvalue weighted by Gasteiger charge is 2.49. The molecule has 0 aromatic heterocycles. The number of hydrogen-bond donors (Lipinski definition) is 0. The molecule has 0 heterocycles. The summed E-state index contributed by atoms with van der Waals surface area (Å²) >= 11 is 0. The van der Waals surface area contributed by atoms with Crippen LogP contribution in [-0.2, 0) is 4.79 Å². The van der Waals surface area contributed by atoms with Crippen molar-refractivity contribution in [2.24, 2.45) is 10.8 Å². The molecule has 0 aromatic rings. The monoisotopic (exact) mass is 210 g/mol. The second-order valence-electron chi connectivity index (χ2n) is 5.23. The topological polar surface area (TPSA) is 17.1 Å². The average molecular weight is 210 g/mol. The lowest BCUT2D eigenvalue weighted by Crippen LogP contribution is -2.37. The van der Waals surface area contributed by atoms with Gasteiger partial charge >= 0.3 is 6.18 Å². The van der Waals surface area contributed by atoms with E-state index in [2.05, 4.69) is 0 Å². The molecule has 0 bridgehead atoms. The van der Waals surface area contributed by atoms with E-state index in [4.69, 9.17) is 0 Å². The lowest BCUT2D eigenvalue weighted by molar-refractivity contribution is -0.214. The molecule has 14 heavy (non-hydrogen) atoms. The minimum absolute atomic E-state index is 0.361. The molecule has 0 amide bonds. The van der Waals surface area contributed by atoms with Gasteiger partial charge < -0.3 is 0 Å². The first kappa shape index (κ1) is 13.5. The highest BCUT2D eigenvalue weighted by Crippen LogP contribution is 2.41. The summed E-state index contributed by atoms with van der Waals surface area (Å²) in [5.41, 5.74) is -2.64. The van der Waals surface area contributed by atoms with Crippen LogP contribution in [0.2, 0.25) is 0 Å². The Labute approximate surface area is 82.7 Å². The molecule has 0 unspecified atom stereocenters. The first-order valence-corrected chi connectivity index (χ1v) is 4.48. The molecule has 84 valence electrons. The molecule has 0 aliphatic carbocycles. The lowest BCUT2D eigenvalue weighted by atomic mass is 9.78. The molecule has 0 radical (unpaired) electrons. The van der Waals surface area contributed by atoms with Crippen molar-refractivity contribution in [2.75, 3.05) is 0 Å². The van der Waals surface area contributed by atoms with Gasteiger partial charge in [-0.2, -0.15) is 13.2 Å². The minimum atomic E-state index is -4.33. The summed E-state index contributed by atoms with van der Waals surface area (Å²) in [6.07, 6.45) is -4.78. The molecule has 1 nitrogen and oxygen atoms in total. The summed E-state index contributed by atoms with van der Waals surface area (Å²) in [7, 11) is 0. The van der Waals surface area contributed by atoms with Gasteiger partial charge in [0.15, 0.2) is 0 Å². The van der Waals surface area contributed by atoms with E-state index < -0.39 is 23.4 Å². The third-order valence-corrected chi connectivity index (χ3v) is 2.21. The second kappa shape index (κ2) is 3.55. The van der Waals surface area contributed by atoms with Crippen LogP contribution in [0, 0.1) is 10.8 Å². The molecule has 0 aliphatic rings. The van der Waals surface area contributed by atoms with E-state index in [1.165, 1.54) is 0 Å². The van der Waals surface area contributed by atoms with E-state index in [0.29, 0.717) is 0 Å². The lowest BCUT2D eigenvalue weighted by Gasteiger charge is -2.29. The SMILES string of the molecule is CC(C)(C)C(=O)CC(C)(C)C(F)(F)F. The van der Waals surface area contributed by atoms with Gasteiger partial charge in [0.2, 0.25) is 0 Å². The van der Waals surface area contributed by atoms with Gasteiger partial charge in [0, 0.05) is 11.8 Å². The van der Waals surface area contributed by atoms with Gasteiger partial charge in [0.05, 0.1) is 5.41 Å². The standard InChI is InChI=1S/C10H17F3O/c1-8(2,3)7(14)6-9(4,5)10(11,12)13/h6H2,1-5H3. The number of halogens is 3. The molecule has 0 aromatic carbocycles. The van der Waals surface area contributed by atoms with Crippen molar-refractivity contribution in [1.29, 1.82) is 0 Å². The summed E-state index contributed by atoms with van der Waals surface area (Å²) in [6.45, 7) is 6.98. The quantitative estimate of drug-likeness (QED) is 0.680. The maximum atomic E-state index is 12.4. The van der Waals surface area contributed by atoms with E-state index in [1.807, 2.05) is 0 Å². The Hall–Kier alpha value is -0.540. The largest absolute Gasteiger partial charge is 0.394 e. The Morgan fingerprint density at radius 1 is 1.00 bits per heavy atom. The van der Waals surface area contributed by atoms with Crippen LogP contribution in [0.5, 0.6) is 0 Å². The summed E-state index contributed by atoms with van der Waals surface area (Å²) in [4.78, 5) is 11.4. The fourth-order valence-corrected chi connectivity index (χ4v) is 0.767. The second-order valence-corrected chi connectivity index (χ2v) is 5.23. The molecule has 0 N–H and O–H groups in total. The number of Topliss-reactive ketones (excluding diaryl/α,β-unsaturated/α-hetero) is 1. The molecule has 0 spiro atoms. The average Bonchev–Trinajstić information content (AvgIpc) is 1.80. The summed E-state index contributed by atoms with van der Waals surface area (Å²) in [5, 5.41) is 0. The van der Waals surface area contributed by atoms with Crippen LogP contribution >= 0.6 is 0 Å². The van der Waals surface area contributed by atoms with Gasteiger partial charge in [-0.15, -0.1) is 0 Å². The summed E-state index contributed by atoms with van der Waals surface area (Å²) in [6, 6.07) is 0. The van der Waals surface area contributed by atoms with Crippen LogP contribution in [0.25, 0.3) is 0 Å². The van der Waals surface area contributed by atoms with Gasteiger partial charge in [0.1, 0.15) is 5.78 Å². The first-order valence-electron chi connectivity index (χ1n) is 4.48. The highest BCUT2D eigenvalue weighted by atomic mass is 19.4. The van der Waals surface area contributed by atoms with E-state index >= 15 is 0 Å². The maximum Gasteiger partial charge on any atom is 0.394 e. The molecular weight excluding hydrogens is 193 g/mol. The molecule has 0 aliphatic heterocycles. The molecular formula is C10H17F3O. The van der Waals surface area contributed by atoms with Crippen molar-refractivity contribution in [3.05, 3.63) is 0 Å². The van der Waals surface area contributed by atoms with Crippen LogP contribution in [0.3, 0.4) is 0 Å². The smallest absolute Gasteiger partial charge is 0.299 e. The number of hydrogen-bond acceptors (Lipinski definition) is 1. The van der Waals surface area contributed by atoms with Gasteiger partial charge in [-0.25, -0.2) is 0 Å². The Balaban J connectivity index is 4.62. The minimum Gasteiger partial charge on any atom is -0.299 e. The molecule has 0 rings (SSSR count). The fraction of sp³-hybridized carbons (Fsp3) is 0.900. The van der Waals surface area contributed by atoms with Crippen LogP contribution in [-0.4, -0.2) is 12.0 Å². The van der Waals surface area contributed by atoms with Crippen molar-refractivity contribution in [3.63, 3.8) is 0 Å². The van der Waals surface area contributed by atoms with Crippen LogP contribution in [0.15, 0.2) is 0 Å². The highest BCUT2D eigenvalue weighted by molar-refractivity contribution is 5.84. The predicted octanol–water partition coefficient (Wildman–Crippen LogP) is 3.58. The predicted molar refractivity (Wildman–Crippen MR) is 48.9 cm³/mol. The Morgan fingerprint density at radius 3 is 1.57 bits per heavy atom. The zero-order valence-electron chi connectivity index (χ0n) is 9.25. The van der Waals surface area contributed by atoms with E-state index in [9.17, 15) is 18.0 Å². The third kappa shape index (κ3) is 3.31. The van der Waals surface area contributed by atoms with Crippen LogP contribution in [0.1, 0.15) is 41.0 Å². The van der Waals surface area contributed by atoms with Crippen molar-refractivity contribution in [2.45, 2.75) is 47.2 Å². The molecule has 0 atom stereocenters. The zero-order valence-corrected chi connectivity index (χ0v) is 9.25. The van der Waals surface area contributed by atoms with Gasteiger partial charge in [0.25, 0.3) is 0 Å². The Morgan fingerprint density at radius 2 is 1.36 bits per heavy atom. The zero-order chi connectivity index (χ0) is 11.8.